The van der Waals surface area contributed by atoms with E-state index in [1.807, 2.05) is 0 Å². The number of rotatable bonds is 10. The molecule has 0 aromatic rings. The highest BCUT2D eigenvalue weighted by atomic mass is 16.5. The second-order valence-electron chi connectivity index (χ2n) is 4.48. The molecule has 0 amide bonds. The molecule has 0 aliphatic heterocycles. The van der Waals surface area contributed by atoms with Crippen molar-refractivity contribution in [2.45, 2.75) is 45.6 Å². The summed E-state index contributed by atoms with van der Waals surface area (Å²) in [5.41, 5.74) is 5.96. The van der Waals surface area contributed by atoms with Crippen molar-refractivity contribution in [1.82, 2.24) is 0 Å². The van der Waals surface area contributed by atoms with Gasteiger partial charge in [0.25, 0.3) is 0 Å². The average molecular weight is 217 g/mol. The minimum absolute atomic E-state index is 0.297. The Balaban J connectivity index is 3.15. The third kappa shape index (κ3) is 11.8. The van der Waals surface area contributed by atoms with E-state index in [9.17, 15) is 0 Å². The van der Waals surface area contributed by atoms with Crippen molar-refractivity contribution in [3.8, 4) is 0 Å². The van der Waals surface area contributed by atoms with Crippen LogP contribution in [0.15, 0.2) is 0 Å². The van der Waals surface area contributed by atoms with Crippen molar-refractivity contribution >= 4 is 0 Å². The van der Waals surface area contributed by atoms with Gasteiger partial charge in [0.1, 0.15) is 0 Å². The largest absolute Gasteiger partial charge is 0.382 e. The summed E-state index contributed by atoms with van der Waals surface area (Å²) in [6, 6.07) is 0.297. The van der Waals surface area contributed by atoms with Crippen LogP contribution in [0.5, 0.6) is 0 Å². The normalized spacial score (nSPS) is 13.4. The summed E-state index contributed by atoms with van der Waals surface area (Å²) in [4.78, 5) is 0. The van der Waals surface area contributed by atoms with E-state index in [1.54, 1.807) is 7.11 Å². The molecule has 0 rings (SSSR count). The molecule has 0 saturated heterocycles. The van der Waals surface area contributed by atoms with Gasteiger partial charge in [0.15, 0.2) is 0 Å². The van der Waals surface area contributed by atoms with Crippen molar-refractivity contribution in [2.75, 3.05) is 26.9 Å². The van der Waals surface area contributed by atoms with E-state index in [0.717, 1.165) is 25.4 Å². The Morgan fingerprint density at radius 2 is 1.73 bits per heavy atom. The fourth-order valence-electron chi connectivity index (χ4n) is 1.41. The van der Waals surface area contributed by atoms with Gasteiger partial charge < -0.3 is 15.2 Å². The number of ether oxygens (including phenoxy) is 2. The van der Waals surface area contributed by atoms with Gasteiger partial charge >= 0.3 is 0 Å². The smallest absolute Gasteiger partial charge is 0.0700 e. The minimum Gasteiger partial charge on any atom is -0.382 e. The summed E-state index contributed by atoms with van der Waals surface area (Å²) >= 11 is 0. The standard InChI is InChI=1S/C12H27NO2/c1-11(2)5-4-6-12(13)7-8-15-10-9-14-3/h11-12H,4-10,13H2,1-3H3. The van der Waals surface area contributed by atoms with Crippen LogP contribution in [0.25, 0.3) is 0 Å². The lowest BCUT2D eigenvalue weighted by atomic mass is 10.0. The molecule has 0 bridgehead atoms. The van der Waals surface area contributed by atoms with E-state index in [4.69, 9.17) is 15.2 Å². The fraction of sp³-hybridized carbons (Fsp3) is 1.00. The fourth-order valence-corrected chi connectivity index (χ4v) is 1.41. The van der Waals surface area contributed by atoms with Crippen molar-refractivity contribution in [3.05, 3.63) is 0 Å². The summed E-state index contributed by atoms with van der Waals surface area (Å²) in [5, 5.41) is 0. The van der Waals surface area contributed by atoms with E-state index in [-0.39, 0.29) is 0 Å². The first kappa shape index (κ1) is 14.9. The minimum atomic E-state index is 0.297. The van der Waals surface area contributed by atoms with Crippen molar-refractivity contribution in [3.63, 3.8) is 0 Å². The lowest BCUT2D eigenvalue weighted by molar-refractivity contribution is 0.0668. The number of methoxy groups -OCH3 is 1. The van der Waals surface area contributed by atoms with Gasteiger partial charge in [-0.25, -0.2) is 0 Å². The van der Waals surface area contributed by atoms with Gasteiger partial charge in [0.05, 0.1) is 13.2 Å². The maximum atomic E-state index is 5.96. The summed E-state index contributed by atoms with van der Waals surface area (Å²) in [6.45, 7) is 6.60. The zero-order chi connectivity index (χ0) is 11.5. The maximum Gasteiger partial charge on any atom is 0.0700 e. The van der Waals surface area contributed by atoms with Crippen LogP contribution < -0.4 is 5.73 Å². The molecule has 0 heterocycles. The third-order valence-corrected chi connectivity index (χ3v) is 2.42. The van der Waals surface area contributed by atoms with Crippen LogP contribution in [-0.4, -0.2) is 33.0 Å². The van der Waals surface area contributed by atoms with Crippen LogP contribution >= 0.6 is 0 Å². The lowest BCUT2D eigenvalue weighted by Crippen LogP contribution is -2.22. The molecule has 15 heavy (non-hydrogen) atoms. The number of hydrogen-bond acceptors (Lipinski definition) is 3. The Morgan fingerprint density at radius 3 is 2.33 bits per heavy atom. The summed E-state index contributed by atoms with van der Waals surface area (Å²) < 4.78 is 10.3. The van der Waals surface area contributed by atoms with Gasteiger partial charge in [0.2, 0.25) is 0 Å². The number of nitrogens with two attached hydrogens (primary N) is 1. The van der Waals surface area contributed by atoms with Gasteiger partial charge in [-0.15, -0.1) is 0 Å². The van der Waals surface area contributed by atoms with Crippen LogP contribution in [0.4, 0.5) is 0 Å². The highest BCUT2D eigenvalue weighted by Crippen LogP contribution is 2.08. The van der Waals surface area contributed by atoms with Crippen LogP contribution in [-0.2, 0) is 9.47 Å². The second-order valence-corrected chi connectivity index (χ2v) is 4.48. The van der Waals surface area contributed by atoms with Gasteiger partial charge in [-0.2, -0.15) is 0 Å². The van der Waals surface area contributed by atoms with Crippen LogP contribution in [0.2, 0.25) is 0 Å². The molecule has 92 valence electrons. The average Bonchev–Trinajstić information content (AvgIpc) is 2.17. The molecule has 0 saturated carbocycles. The molecule has 2 N–H and O–H groups in total. The molecule has 0 fully saturated rings. The highest BCUT2D eigenvalue weighted by Gasteiger charge is 2.03. The first-order valence-electron chi connectivity index (χ1n) is 5.99. The van der Waals surface area contributed by atoms with Crippen molar-refractivity contribution in [1.29, 1.82) is 0 Å². The molecular formula is C12H27NO2. The van der Waals surface area contributed by atoms with Gasteiger partial charge in [0, 0.05) is 19.8 Å². The zero-order valence-electron chi connectivity index (χ0n) is 10.5. The third-order valence-electron chi connectivity index (χ3n) is 2.42. The van der Waals surface area contributed by atoms with Gasteiger partial charge in [-0.05, 0) is 18.8 Å². The lowest BCUT2D eigenvalue weighted by Gasteiger charge is -2.12. The second kappa shape index (κ2) is 10.4. The molecule has 0 aromatic carbocycles. The molecule has 1 atom stereocenters. The first-order chi connectivity index (χ1) is 7.16. The van der Waals surface area contributed by atoms with Gasteiger partial charge in [-0.3, -0.25) is 0 Å². The maximum absolute atomic E-state index is 5.96. The predicted molar refractivity (Wildman–Crippen MR) is 64.0 cm³/mol. The predicted octanol–water partition coefficient (Wildman–Crippen LogP) is 2.19. The zero-order valence-corrected chi connectivity index (χ0v) is 10.5. The molecule has 3 nitrogen and oxygen atoms in total. The summed E-state index contributed by atoms with van der Waals surface area (Å²) in [6.07, 6.45) is 4.59. The van der Waals surface area contributed by atoms with Crippen LogP contribution in [0.1, 0.15) is 39.5 Å². The van der Waals surface area contributed by atoms with E-state index >= 15 is 0 Å². The van der Waals surface area contributed by atoms with Crippen molar-refractivity contribution in [2.24, 2.45) is 11.7 Å². The Hall–Kier alpha value is -0.120. The van der Waals surface area contributed by atoms with Crippen molar-refractivity contribution < 1.29 is 9.47 Å². The first-order valence-corrected chi connectivity index (χ1v) is 5.99. The topological polar surface area (TPSA) is 44.5 Å². The SMILES string of the molecule is COCCOCCC(N)CCCC(C)C. The quantitative estimate of drug-likeness (QED) is 0.570. The molecule has 0 radical (unpaired) electrons. The molecule has 1 unspecified atom stereocenters. The molecule has 3 heteroatoms. The van der Waals surface area contributed by atoms with E-state index in [1.165, 1.54) is 12.8 Å². The highest BCUT2D eigenvalue weighted by molar-refractivity contribution is 4.61. The van der Waals surface area contributed by atoms with E-state index < -0.39 is 0 Å². The van der Waals surface area contributed by atoms with E-state index in [0.29, 0.717) is 19.3 Å². The molecular weight excluding hydrogens is 190 g/mol. The monoisotopic (exact) mass is 217 g/mol. The Morgan fingerprint density at radius 1 is 1.00 bits per heavy atom. The Bertz CT molecular complexity index is 129. The molecule has 0 aliphatic rings. The number of hydrogen-bond donors (Lipinski definition) is 1. The Kier molecular flexibility index (Phi) is 10.3. The molecule has 0 spiro atoms. The molecule has 0 aromatic heterocycles. The Labute approximate surface area is 94.3 Å². The van der Waals surface area contributed by atoms with Gasteiger partial charge in [-0.1, -0.05) is 26.7 Å². The summed E-state index contributed by atoms with van der Waals surface area (Å²) in [5.74, 6) is 0.787. The summed E-state index contributed by atoms with van der Waals surface area (Å²) in [7, 11) is 1.68. The van der Waals surface area contributed by atoms with E-state index in [2.05, 4.69) is 13.8 Å². The van der Waals surface area contributed by atoms with Crippen LogP contribution in [0.3, 0.4) is 0 Å². The van der Waals surface area contributed by atoms with Crippen LogP contribution in [0, 0.1) is 5.92 Å². The molecule has 0 aliphatic carbocycles.